The lowest BCUT2D eigenvalue weighted by Gasteiger charge is -2.09. The summed E-state index contributed by atoms with van der Waals surface area (Å²) in [4.78, 5) is 25.1. The zero-order valence-corrected chi connectivity index (χ0v) is 17.5. The number of aryl methyl sites for hydroxylation is 1. The molecule has 0 bridgehead atoms. The zero-order chi connectivity index (χ0) is 21.3. The fourth-order valence-electron chi connectivity index (χ4n) is 3.02. The summed E-state index contributed by atoms with van der Waals surface area (Å²) in [5.41, 5.74) is 0.487. The lowest BCUT2D eigenvalue weighted by Crippen LogP contribution is -2.22. The first kappa shape index (κ1) is 20.5. The summed E-state index contributed by atoms with van der Waals surface area (Å²) in [6, 6.07) is 4.76. The Kier molecular flexibility index (Phi) is 5.82. The van der Waals surface area contributed by atoms with E-state index in [4.69, 9.17) is 0 Å². The number of aromatic nitrogens is 4. The molecule has 1 N–H and O–H groups in total. The van der Waals surface area contributed by atoms with Gasteiger partial charge in [-0.1, -0.05) is 25.1 Å². The molecule has 0 saturated carbocycles. The SMILES string of the molecule is CCCCn1c(=O)c2sccc2n2c(SCC(=O)Nc3ccc(F)cc3F)nnc12. The van der Waals surface area contributed by atoms with Crippen molar-refractivity contribution in [3.8, 4) is 0 Å². The van der Waals surface area contributed by atoms with Crippen LogP contribution in [0.5, 0.6) is 0 Å². The minimum atomic E-state index is -0.846. The van der Waals surface area contributed by atoms with Gasteiger partial charge in [0.15, 0.2) is 5.16 Å². The first-order valence-electron chi connectivity index (χ1n) is 9.22. The van der Waals surface area contributed by atoms with Crippen molar-refractivity contribution in [1.29, 1.82) is 0 Å². The van der Waals surface area contributed by atoms with Crippen LogP contribution in [0.25, 0.3) is 16.0 Å². The molecule has 0 radical (unpaired) electrons. The highest BCUT2D eigenvalue weighted by Crippen LogP contribution is 2.25. The van der Waals surface area contributed by atoms with Gasteiger partial charge in [0, 0.05) is 12.6 Å². The maximum absolute atomic E-state index is 13.7. The third-order valence-corrected chi connectivity index (χ3v) is 6.28. The van der Waals surface area contributed by atoms with Gasteiger partial charge < -0.3 is 5.32 Å². The molecule has 30 heavy (non-hydrogen) atoms. The number of amides is 1. The molecule has 0 unspecified atom stereocenters. The number of rotatable bonds is 7. The molecule has 0 fully saturated rings. The van der Waals surface area contributed by atoms with Gasteiger partial charge in [0.2, 0.25) is 11.7 Å². The number of unbranched alkanes of at least 4 members (excludes halogenated alkanes) is 1. The van der Waals surface area contributed by atoms with Crippen LogP contribution in [0.3, 0.4) is 0 Å². The number of thiophene rings is 1. The van der Waals surface area contributed by atoms with Crippen LogP contribution in [0.4, 0.5) is 14.5 Å². The molecule has 7 nitrogen and oxygen atoms in total. The molecule has 3 heterocycles. The molecule has 1 aromatic carbocycles. The maximum atomic E-state index is 13.7. The van der Waals surface area contributed by atoms with Crippen LogP contribution in [0, 0.1) is 11.6 Å². The molecule has 156 valence electrons. The molecule has 0 aliphatic rings. The fourth-order valence-corrected chi connectivity index (χ4v) is 4.58. The number of carbonyl (C=O) groups excluding carboxylic acids is 1. The van der Waals surface area contributed by atoms with E-state index in [1.807, 2.05) is 18.4 Å². The Balaban J connectivity index is 1.61. The van der Waals surface area contributed by atoms with E-state index >= 15 is 0 Å². The summed E-state index contributed by atoms with van der Waals surface area (Å²) < 4.78 is 30.7. The Bertz CT molecular complexity index is 1300. The van der Waals surface area contributed by atoms with E-state index in [0.29, 0.717) is 33.8 Å². The first-order valence-corrected chi connectivity index (χ1v) is 11.1. The van der Waals surface area contributed by atoms with E-state index in [2.05, 4.69) is 15.5 Å². The number of thioether (sulfide) groups is 1. The zero-order valence-electron chi connectivity index (χ0n) is 15.9. The summed E-state index contributed by atoms with van der Waals surface area (Å²) in [6.45, 7) is 2.57. The second-order valence-corrected chi connectivity index (χ2v) is 8.38. The third kappa shape index (κ3) is 3.82. The Morgan fingerprint density at radius 3 is 2.87 bits per heavy atom. The molecule has 0 saturated heterocycles. The molecule has 0 aliphatic heterocycles. The normalized spacial score (nSPS) is 11.4. The van der Waals surface area contributed by atoms with E-state index < -0.39 is 17.5 Å². The second-order valence-electron chi connectivity index (χ2n) is 6.52. The van der Waals surface area contributed by atoms with Crippen molar-refractivity contribution in [2.24, 2.45) is 0 Å². The molecular formula is C19H17F2N5O2S2. The topological polar surface area (TPSA) is 81.3 Å². The van der Waals surface area contributed by atoms with Gasteiger partial charge in [-0.3, -0.25) is 18.6 Å². The largest absolute Gasteiger partial charge is 0.323 e. The standard InChI is InChI=1S/C19H17F2N5O2S2/c1-2-3-7-25-17(28)16-14(6-8-29-16)26-18(25)23-24-19(26)30-10-15(27)22-13-5-4-11(20)9-12(13)21/h4-6,8-9H,2-3,7,10H2,1H3,(H,22,27). The molecule has 4 aromatic rings. The van der Waals surface area contributed by atoms with Crippen LogP contribution in [0.2, 0.25) is 0 Å². The van der Waals surface area contributed by atoms with Crippen LogP contribution in [0.15, 0.2) is 39.6 Å². The summed E-state index contributed by atoms with van der Waals surface area (Å²) in [5, 5.41) is 13.0. The van der Waals surface area contributed by atoms with Crippen molar-refractivity contribution in [2.75, 3.05) is 11.1 Å². The van der Waals surface area contributed by atoms with Crippen molar-refractivity contribution in [2.45, 2.75) is 31.5 Å². The number of hydrogen-bond acceptors (Lipinski definition) is 6. The number of halogens is 2. The highest BCUT2D eigenvalue weighted by molar-refractivity contribution is 7.99. The van der Waals surface area contributed by atoms with Crippen LogP contribution in [0.1, 0.15) is 19.8 Å². The Morgan fingerprint density at radius 2 is 2.10 bits per heavy atom. The quantitative estimate of drug-likeness (QED) is 0.433. The minimum Gasteiger partial charge on any atom is -0.323 e. The molecule has 0 aliphatic carbocycles. The molecule has 11 heteroatoms. The number of carbonyl (C=O) groups is 1. The van der Waals surface area contributed by atoms with Crippen LogP contribution >= 0.6 is 23.1 Å². The van der Waals surface area contributed by atoms with Crippen molar-refractivity contribution in [3.05, 3.63) is 51.6 Å². The van der Waals surface area contributed by atoms with Crippen LogP contribution in [-0.2, 0) is 11.3 Å². The molecule has 0 spiro atoms. The van der Waals surface area contributed by atoms with Crippen LogP contribution < -0.4 is 10.9 Å². The predicted octanol–water partition coefficient (Wildman–Crippen LogP) is 3.91. The number of nitrogens with one attached hydrogen (secondary N) is 1. The van der Waals surface area contributed by atoms with Gasteiger partial charge in [-0.15, -0.1) is 21.5 Å². The van der Waals surface area contributed by atoms with Crippen molar-refractivity contribution < 1.29 is 13.6 Å². The third-order valence-electron chi connectivity index (χ3n) is 4.46. The molecule has 3 aromatic heterocycles. The number of nitrogens with zero attached hydrogens (tertiary/aromatic N) is 4. The van der Waals surface area contributed by atoms with Crippen molar-refractivity contribution in [1.82, 2.24) is 19.2 Å². The monoisotopic (exact) mass is 449 g/mol. The second kappa shape index (κ2) is 8.52. The van der Waals surface area contributed by atoms with Crippen molar-refractivity contribution in [3.63, 3.8) is 0 Å². The minimum absolute atomic E-state index is 0.0582. The Hall–Kier alpha value is -2.79. The molecule has 0 atom stereocenters. The van der Waals surface area contributed by atoms with E-state index in [1.165, 1.54) is 17.4 Å². The molecule has 1 amide bonds. The molecule has 4 rings (SSSR count). The summed E-state index contributed by atoms with van der Waals surface area (Å²) in [6.07, 6.45) is 1.75. The van der Waals surface area contributed by atoms with Gasteiger partial charge in [0.1, 0.15) is 16.3 Å². The number of anilines is 1. The average molecular weight is 450 g/mol. The van der Waals surface area contributed by atoms with Gasteiger partial charge in [-0.05, 0) is 30.0 Å². The highest BCUT2D eigenvalue weighted by Gasteiger charge is 2.18. The maximum Gasteiger partial charge on any atom is 0.272 e. The van der Waals surface area contributed by atoms with Crippen molar-refractivity contribution >= 4 is 50.7 Å². The summed E-state index contributed by atoms with van der Waals surface area (Å²) >= 11 is 2.47. The Morgan fingerprint density at radius 1 is 1.27 bits per heavy atom. The number of benzene rings is 1. The van der Waals surface area contributed by atoms with Gasteiger partial charge in [-0.25, -0.2) is 8.78 Å². The smallest absolute Gasteiger partial charge is 0.272 e. The van der Waals surface area contributed by atoms with E-state index in [0.717, 1.165) is 30.7 Å². The predicted molar refractivity (Wildman–Crippen MR) is 113 cm³/mol. The van der Waals surface area contributed by atoms with Crippen LogP contribution in [-0.4, -0.2) is 30.8 Å². The Labute approximate surface area is 177 Å². The van der Waals surface area contributed by atoms with Gasteiger partial charge >= 0.3 is 0 Å². The first-order chi connectivity index (χ1) is 14.5. The van der Waals surface area contributed by atoms with Gasteiger partial charge in [0.25, 0.3) is 5.56 Å². The number of hydrogen-bond donors (Lipinski definition) is 1. The van der Waals surface area contributed by atoms with E-state index in [9.17, 15) is 18.4 Å². The average Bonchev–Trinajstić information content (AvgIpc) is 3.35. The fraction of sp³-hybridized carbons (Fsp3) is 0.263. The summed E-state index contributed by atoms with van der Waals surface area (Å²) in [5.74, 6) is -1.67. The molecular weight excluding hydrogens is 432 g/mol. The van der Waals surface area contributed by atoms with Gasteiger partial charge in [0.05, 0.1) is 17.0 Å². The number of fused-ring (bicyclic) bond motifs is 3. The lowest BCUT2D eigenvalue weighted by molar-refractivity contribution is -0.113. The van der Waals surface area contributed by atoms with E-state index in [1.54, 1.807) is 8.97 Å². The highest BCUT2D eigenvalue weighted by atomic mass is 32.2. The van der Waals surface area contributed by atoms with E-state index in [-0.39, 0.29) is 17.0 Å². The summed E-state index contributed by atoms with van der Waals surface area (Å²) in [7, 11) is 0. The van der Waals surface area contributed by atoms with Gasteiger partial charge in [-0.2, -0.15) is 0 Å². The lowest BCUT2D eigenvalue weighted by atomic mass is 10.3.